The highest BCUT2D eigenvalue weighted by Gasteiger charge is 2.37. The maximum absolute atomic E-state index is 14.3. The Morgan fingerprint density at radius 2 is 1.79 bits per heavy atom. The molecule has 1 heterocycles. The summed E-state index contributed by atoms with van der Waals surface area (Å²) in [4.78, 5) is 17.4. The standard InChI is InChI=1S/C15H10BrF7N2O3/c1-5(2)27-13(26)7-3-6(8(17)4-9(7)28-15(21,22)23)12-24-10(11(16)25-12)14(18,19)20/h3-5H,1-2H3,(H,24,25). The average molecular weight is 479 g/mol. The molecular weight excluding hydrogens is 469 g/mol. The SMILES string of the molecule is CC(C)OC(=O)c1cc(-c2nc(Br)c(C(F)(F)F)[nH]2)c(F)cc1OC(F)(F)F. The van der Waals surface area contributed by atoms with Gasteiger partial charge in [0.25, 0.3) is 0 Å². The second kappa shape index (κ2) is 7.60. The van der Waals surface area contributed by atoms with Crippen LogP contribution in [0.5, 0.6) is 5.75 Å². The predicted octanol–water partition coefficient (Wildman–Crippen LogP) is 5.46. The molecule has 1 aromatic heterocycles. The monoisotopic (exact) mass is 478 g/mol. The zero-order valence-electron chi connectivity index (χ0n) is 13.9. The van der Waals surface area contributed by atoms with Crippen molar-refractivity contribution in [3.8, 4) is 17.1 Å². The van der Waals surface area contributed by atoms with Crippen LogP contribution in [0.4, 0.5) is 30.7 Å². The number of carbonyl (C=O) groups is 1. The molecule has 2 aromatic rings. The Balaban J connectivity index is 2.62. The zero-order chi connectivity index (χ0) is 21.4. The lowest BCUT2D eigenvalue weighted by Gasteiger charge is -2.15. The number of ether oxygens (including phenoxy) is 2. The molecule has 0 bridgehead atoms. The van der Waals surface area contributed by atoms with Gasteiger partial charge in [-0.15, -0.1) is 13.2 Å². The summed E-state index contributed by atoms with van der Waals surface area (Å²) in [7, 11) is 0. The summed E-state index contributed by atoms with van der Waals surface area (Å²) < 4.78 is 98.2. The van der Waals surface area contributed by atoms with Crippen LogP contribution in [0.15, 0.2) is 16.7 Å². The summed E-state index contributed by atoms with van der Waals surface area (Å²) in [5, 5.41) is 0. The van der Waals surface area contributed by atoms with Crippen molar-refractivity contribution in [2.24, 2.45) is 0 Å². The first-order valence-corrected chi connectivity index (χ1v) is 8.11. The van der Waals surface area contributed by atoms with Crippen LogP contribution in [0.25, 0.3) is 11.4 Å². The summed E-state index contributed by atoms with van der Waals surface area (Å²) in [6, 6.07) is 0.774. The Labute approximate surface area is 161 Å². The van der Waals surface area contributed by atoms with Crippen molar-refractivity contribution in [2.45, 2.75) is 32.5 Å². The molecule has 5 nitrogen and oxygen atoms in total. The topological polar surface area (TPSA) is 64.2 Å². The van der Waals surface area contributed by atoms with Gasteiger partial charge < -0.3 is 14.5 Å². The fourth-order valence-corrected chi connectivity index (χ4v) is 2.55. The fraction of sp³-hybridized carbons (Fsp3) is 0.333. The van der Waals surface area contributed by atoms with Gasteiger partial charge in [-0.1, -0.05) is 0 Å². The number of aromatic nitrogens is 2. The minimum atomic E-state index is -5.25. The van der Waals surface area contributed by atoms with Crippen molar-refractivity contribution in [3.05, 3.63) is 33.8 Å². The molecule has 0 atom stereocenters. The van der Waals surface area contributed by atoms with Crippen LogP contribution in [-0.2, 0) is 10.9 Å². The molecule has 1 N–H and O–H groups in total. The van der Waals surface area contributed by atoms with Crippen LogP contribution in [0.1, 0.15) is 29.9 Å². The Bertz CT molecular complexity index is 891. The van der Waals surface area contributed by atoms with Gasteiger partial charge in [0, 0.05) is 6.07 Å². The van der Waals surface area contributed by atoms with Crippen LogP contribution in [0, 0.1) is 5.82 Å². The summed E-state index contributed by atoms with van der Waals surface area (Å²) >= 11 is 2.56. The van der Waals surface area contributed by atoms with Crippen molar-refractivity contribution in [3.63, 3.8) is 0 Å². The maximum Gasteiger partial charge on any atom is 0.573 e. The van der Waals surface area contributed by atoms with Gasteiger partial charge in [-0.2, -0.15) is 13.2 Å². The molecule has 0 saturated heterocycles. The third kappa shape index (κ3) is 5.14. The van der Waals surface area contributed by atoms with E-state index in [1.807, 2.05) is 4.98 Å². The molecule has 0 spiro atoms. The molecule has 0 saturated carbocycles. The molecule has 0 amide bonds. The van der Waals surface area contributed by atoms with Crippen LogP contribution in [0.3, 0.4) is 0 Å². The first-order valence-electron chi connectivity index (χ1n) is 7.32. The molecule has 0 aliphatic carbocycles. The number of rotatable bonds is 4. The van der Waals surface area contributed by atoms with Crippen molar-refractivity contribution < 1.29 is 45.0 Å². The third-order valence-electron chi connectivity index (χ3n) is 3.06. The van der Waals surface area contributed by atoms with Gasteiger partial charge >= 0.3 is 18.5 Å². The number of alkyl halides is 6. The number of H-pyrrole nitrogens is 1. The summed E-state index contributed by atoms with van der Waals surface area (Å²) in [5.74, 6) is -4.58. The Kier molecular flexibility index (Phi) is 5.97. The lowest BCUT2D eigenvalue weighted by Crippen LogP contribution is -2.21. The molecule has 13 heteroatoms. The van der Waals surface area contributed by atoms with Crippen LogP contribution in [-0.4, -0.2) is 28.4 Å². The fourth-order valence-electron chi connectivity index (χ4n) is 2.05. The van der Waals surface area contributed by atoms with E-state index in [-0.39, 0.29) is 6.07 Å². The number of carbonyl (C=O) groups excluding carboxylic acids is 1. The Morgan fingerprint density at radius 1 is 1.18 bits per heavy atom. The molecule has 0 aliphatic heterocycles. The number of nitrogens with zero attached hydrogens (tertiary/aromatic N) is 1. The van der Waals surface area contributed by atoms with Gasteiger partial charge in [-0.05, 0) is 35.8 Å². The first-order chi connectivity index (χ1) is 12.7. The van der Waals surface area contributed by atoms with Crippen LogP contribution in [0.2, 0.25) is 0 Å². The molecule has 0 radical (unpaired) electrons. The maximum atomic E-state index is 14.3. The number of nitrogens with one attached hydrogen (secondary N) is 1. The van der Waals surface area contributed by atoms with Crippen molar-refractivity contribution >= 4 is 21.9 Å². The molecule has 1 aromatic carbocycles. The number of imidazole rings is 1. The smallest absolute Gasteiger partial charge is 0.459 e. The molecule has 154 valence electrons. The summed E-state index contributed by atoms with van der Waals surface area (Å²) in [6.07, 6.45) is -10.9. The second-order valence-electron chi connectivity index (χ2n) is 5.58. The molecular formula is C15H10BrF7N2O3. The van der Waals surface area contributed by atoms with E-state index in [2.05, 4.69) is 25.7 Å². The molecule has 0 aliphatic rings. The van der Waals surface area contributed by atoms with E-state index in [0.29, 0.717) is 6.07 Å². The van der Waals surface area contributed by atoms with Crippen molar-refractivity contribution in [2.75, 3.05) is 0 Å². The number of benzene rings is 1. The lowest BCUT2D eigenvalue weighted by atomic mass is 10.1. The second-order valence-corrected chi connectivity index (χ2v) is 6.33. The Morgan fingerprint density at radius 3 is 2.25 bits per heavy atom. The largest absolute Gasteiger partial charge is 0.573 e. The van der Waals surface area contributed by atoms with Gasteiger partial charge in [0.05, 0.1) is 11.7 Å². The van der Waals surface area contributed by atoms with E-state index < -0.39 is 63.4 Å². The highest BCUT2D eigenvalue weighted by atomic mass is 79.9. The van der Waals surface area contributed by atoms with E-state index in [9.17, 15) is 35.5 Å². The lowest BCUT2D eigenvalue weighted by molar-refractivity contribution is -0.274. The quantitative estimate of drug-likeness (QED) is 0.468. The first kappa shape index (κ1) is 22.0. The van der Waals surface area contributed by atoms with Gasteiger partial charge in [-0.3, -0.25) is 0 Å². The van der Waals surface area contributed by atoms with E-state index in [4.69, 9.17) is 4.74 Å². The van der Waals surface area contributed by atoms with E-state index in [1.165, 1.54) is 13.8 Å². The number of hydrogen-bond donors (Lipinski definition) is 1. The molecule has 28 heavy (non-hydrogen) atoms. The highest BCUT2D eigenvalue weighted by Crippen LogP contribution is 2.37. The zero-order valence-corrected chi connectivity index (χ0v) is 15.5. The summed E-state index contributed by atoms with van der Waals surface area (Å²) in [5.41, 5.74) is -2.88. The number of aromatic amines is 1. The van der Waals surface area contributed by atoms with Gasteiger partial charge in [0.1, 0.15) is 27.6 Å². The van der Waals surface area contributed by atoms with Crippen LogP contribution < -0.4 is 4.74 Å². The van der Waals surface area contributed by atoms with E-state index >= 15 is 0 Å². The average Bonchev–Trinajstić information content (AvgIpc) is 2.86. The Hall–Kier alpha value is -2.31. The number of halogens is 8. The highest BCUT2D eigenvalue weighted by molar-refractivity contribution is 9.10. The van der Waals surface area contributed by atoms with Gasteiger partial charge in [0.2, 0.25) is 0 Å². The normalized spacial score (nSPS) is 12.4. The molecule has 0 fully saturated rings. The van der Waals surface area contributed by atoms with Gasteiger partial charge in [-0.25, -0.2) is 14.2 Å². The van der Waals surface area contributed by atoms with E-state index in [1.54, 1.807) is 0 Å². The minimum Gasteiger partial charge on any atom is -0.459 e. The van der Waals surface area contributed by atoms with Crippen molar-refractivity contribution in [1.29, 1.82) is 0 Å². The van der Waals surface area contributed by atoms with Gasteiger partial charge in [0.15, 0.2) is 5.69 Å². The number of esters is 1. The van der Waals surface area contributed by atoms with Crippen molar-refractivity contribution in [1.82, 2.24) is 9.97 Å². The molecule has 0 unspecified atom stereocenters. The minimum absolute atomic E-state index is 0.212. The number of hydrogen-bond acceptors (Lipinski definition) is 4. The van der Waals surface area contributed by atoms with Crippen LogP contribution >= 0.6 is 15.9 Å². The predicted molar refractivity (Wildman–Crippen MR) is 83.9 cm³/mol. The summed E-state index contributed by atoms with van der Waals surface area (Å²) in [6.45, 7) is 2.82. The molecule has 2 rings (SSSR count). The van der Waals surface area contributed by atoms with E-state index in [0.717, 1.165) is 0 Å². The third-order valence-corrected chi connectivity index (χ3v) is 3.63.